The van der Waals surface area contributed by atoms with Crippen molar-refractivity contribution in [2.45, 2.75) is 23.8 Å². The number of nitrogens with zero attached hydrogens (tertiary/aromatic N) is 3. The van der Waals surface area contributed by atoms with Crippen LogP contribution in [0.1, 0.15) is 24.7 Å². The second-order valence-electron chi connectivity index (χ2n) is 5.63. The molecule has 3 rings (SSSR count). The molecule has 124 valence electrons. The zero-order chi connectivity index (χ0) is 16.3. The Kier molecular flexibility index (Phi) is 4.74. The van der Waals surface area contributed by atoms with Crippen LogP contribution in [0.25, 0.3) is 0 Å². The summed E-state index contributed by atoms with van der Waals surface area (Å²) >= 11 is 0. The van der Waals surface area contributed by atoms with Crippen LogP contribution in [0.4, 0.5) is 0 Å². The lowest BCUT2D eigenvalue weighted by molar-refractivity contribution is 0.0551. The van der Waals surface area contributed by atoms with Gasteiger partial charge >= 0.3 is 0 Å². The van der Waals surface area contributed by atoms with E-state index in [0.29, 0.717) is 19.0 Å². The summed E-state index contributed by atoms with van der Waals surface area (Å²) in [6, 6.07) is 2.76. The van der Waals surface area contributed by atoms with Crippen molar-refractivity contribution in [3.8, 4) is 0 Å². The fraction of sp³-hybridized carbons (Fsp3) is 0.467. The summed E-state index contributed by atoms with van der Waals surface area (Å²) in [5.74, 6) is 0.862. The molecule has 1 atom stereocenters. The largest absolute Gasteiger partial charge is 0.381 e. The zero-order valence-electron chi connectivity index (χ0n) is 12.9. The van der Waals surface area contributed by atoms with Crippen molar-refractivity contribution < 1.29 is 13.2 Å². The lowest BCUT2D eigenvalue weighted by Gasteiger charge is -2.30. The molecule has 0 bridgehead atoms. The standard InChI is InChI=1S/C15H20N4O3S/c1-19-8-7-17-15(19)14(12-4-9-22-10-5-12)18-23(20,21)13-3-2-6-16-11-13/h2-3,6-8,11-12,14,18H,4-5,9-10H2,1H3. The van der Waals surface area contributed by atoms with E-state index >= 15 is 0 Å². The van der Waals surface area contributed by atoms with Gasteiger partial charge < -0.3 is 9.30 Å². The average molecular weight is 336 g/mol. The zero-order valence-corrected chi connectivity index (χ0v) is 13.7. The van der Waals surface area contributed by atoms with Gasteiger partial charge in [0.15, 0.2) is 0 Å². The molecule has 8 heteroatoms. The minimum atomic E-state index is -3.66. The van der Waals surface area contributed by atoms with E-state index in [1.807, 2.05) is 17.8 Å². The van der Waals surface area contributed by atoms with Gasteiger partial charge in [-0.15, -0.1) is 0 Å². The molecule has 2 aromatic rings. The van der Waals surface area contributed by atoms with Gasteiger partial charge in [0.2, 0.25) is 10.0 Å². The fourth-order valence-electron chi connectivity index (χ4n) is 2.83. The third-order valence-corrected chi connectivity index (χ3v) is 5.53. The molecular formula is C15H20N4O3S. The molecular weight excluding hydrogens is 316 g/mol. The van der Waals surface area contributed by atoms with E-state index in [2.05, 4.69) is 14.7 Å². The van der Waals surface area contributed by atoms with Gasteiger partial charge in [0, 0.05) is 45.0 Å². The van der Waals surface area contributed by atoms with Gasteiger partial charge in [0.25, 0.3) is 0 Å². The minimum Gasteiger partial charge on any atom is -0.381 e. The quantitative estimate of drug-likeness (QED) is 0.888. The summed E-state index contributed by atoms with van der Waals surface area (Å²) in [4.78, 5) is 8.40. The predicted octanol–water partition coefficient (Wildman–Crippen LogP) is 1.26. The van der Waals surface area contributed by atoms with E-state index in [4.69, 9.17) is 4.74 Å². The van der Waals surface area contributed by atoms with E-state index in [1.165, 1.54) is 12.3 Å². The molecule has 1 fully saturated rings. The summed E-state index contributed by atoms with van der Waals surface area (Å²) in [6.07, 6.45) is 8.00. The Labute approximate surface area is 135 Å². The molecule has 7 nitrogen and oxygen atoms in total. The van der Waals surface area contributed by atoms with E-state index in [1.54, 1.807) is 18.5 Å². The summed E-state index contributed by atoms with van der Waals surface area (Å²) in [7, 11) is -1.79. The normalized spacial score (nSPS) is 18.0. The number of nitrogens with one attached hydrogen (secondary N) is 1. The molecule has 1 saturated heterocycles. The van der Waals surface area contributed by atoms with Crippen LogP contribution < -0.4 is 4.72 Å². The topological polar surface area (TPSA) is 86.1 Å². The number of aryl methyl sites for hydroxylation is 1. The summed E-state index contributed by atoms with van der Waals surface area (Å²) in [6.45, 7) is 1.28. The van der Waals surface area contributed by atoms with Crippen molar-refractivity contribution in [1.82, 2.24) is 19.3 Å². The first kappa shape index (κ1) is 16.1. The Balaban J connectivity index is 1.91. The highest BCUT2D eigenvalue weighted by molar-refractivity contribution is 7.89. The first-order chi connectivity index (χ1) is 11.1. The van der Waals surface area contributed by atoms with Gasteiger partial charge in [-0.3, -0.25) is 4.98 Å². The highest BCUT2D eigenvalue weighted by Crippen LogP contribution is 2.30. The molecule has 0 saturated carbocycles. The Morgan fingerprint density at radius 1 is 1.35 bits per heavy atom. The van der Waals surface area contributed by atoms with Gasteiger partial charge in [-0.25, -0.2) is 18.1 Å². The fourth-order valence-corrected chi connectivity index (χ4v) is 4.05. The van der Waals surface area contributed by atoms with Crippen LogP contribution in [-0.2, 0) is 21.8 Å². The third kappa shape index (κ3) is 3.60. The second-order valence-corrected chi connectivity index (χ2v) is 7.35. The van der Waals surface area contributed by atoms with E-state index < -0.39 is 10.0 Å². The van der Waals surface area contributed by atoms with E-state index in [-0.39, 0.29) is 16.9 Å². The van der Waals surface area contributed by atoms with Crippen LogP contribution in [-0.4, -0.2) is 36.2 Å². The SMILES string of the molecule is Cn1ccnc1C(NS(=O)(=O)c1cccnc1)C1CCOCC1. The molecule has 1 aliphatic rings. The lowest BCUT2D eigenvalue weighted by atomic mass is 9.92. The smallest absolute Gasteiger partial charge is 0.242 e. The Morgan fingerprint density at radius 2 is 2.13 bits per heavy atom. The maximum absolute atomic E-state index is 12.7. The number of imidazole rings is 1. The molecule has 23 heavy (non-hydrogen) atoms. The number of hydrogen-bond donors (Lipinski definition) is 1. The van der Waals surface area contributed by atoms with Crippen LogP contribution >= 0.6 is 0 Å². The molecule has 0 amide bonds. The van der Waals surface area contributed by atoms with Crippen LogP contribution in [0, 0.1) is 5.92 Å². The van der Waals surface area contributed by atoms with Gasteiger partial charge in [0.1, 0.15) is 10.7 Å². The number of pyridine rings is 1. The minimum absolute atomic E-state index is 0.149. The first-order valence-electron chi connectivity index (χ1n) is 7.55. The molecule has 0 aliphatic carbocycles. The van der Waals surface area contributed by atoms with Crippen molar-refractivity contribution in [2.24, 2.45) is 13.0 Å². The number of ether oxygens (including phenoxy) is 1. The van der Waals surface area contributed by atoms with Crippen LogP contribution in [0.15, 0.2) is 41.8 Å². The molecule has 3 heterocycles. The van der Waals surface area contributed by atoms with Crippen LogP contribution in [0.5, 0.6) is 0 Å². The van der Waals surface area contributed by atoms with Gasteiger partial charge in [-0.05, 0) is 30.9 Å². The third-order valence-electron chi connectivity index (χ3n) is 4.10. The lowest BCUT2D eigenvalue weighted by Crippen LogP contribution is -2.37. The van der Waals surface area contributed by atoms with Crippen LogP contribution in [0.2, 0.25) is 0 Å². The summed E-state index contributed by atoms with van der Waals surface area (Å²) in [5.41, 5.74) is 0. The molecule has 1 aliphatic heterocycles. The van der Waals surface area contributed by atoms with Gasteiger partial charge in [0.05, 0.1) is 6.04 Å². The molecule has 0 spiro atoms. The van der Waals surface area contributed by atoms with Crippen molar-refractivity contribution in [2.75, 3.05) is 13.2 Å². The predicted molar refractivity (Wildman–Crippen MR) is 84.1 cm³/mol. The van der Waals surface area contributed by atoms with E-state index in [0.717, 1.165) is 12.8 Å². The molecule has 0 radical (unpaired) electrons. The molecule has 1 unspecified atom stereocenters. The van der Waals surface area contributed by atoms with Crippen molar-refractivity contribution in [1.29, 1.82) is 0 Å². The summed E-state index contributed by atoms with van der Waals surface area (Å²) in [5, 5.41) is 0. The van der Waals surface area contributed by atoms with Crippen molar-refractivity contribution in [3.63, 3.8) is 0 Å². The maximum atomic E-state index is 12.7. The Morgan fingerprint density at radius 3 is 2.74 bits per heavy atom. The van der Waals surface area contributed by atoms with Gasteiger partial charge in [-0.2, -0.15) is 0 Å². The Bertz CT molecular complexity index is 739. The highest BCUT2D eigenvalue weighted by atomic mass is 32.2. The van der Waals surface area contributed by atoms with E-state index in [9.17, 15) is 8.42 Å². The highest BCUT2D eigenvalue weighted by Gasteiger charge is 2.32. The van der Waals surface area contributed by atoms with Crippen molar-refractivity contribution >= 4 is 10.0 Å². The number of hydrogen-bond acceptors (Lipinski definition) is 5. The number of rotatable bonds is 5. The van der Waals surface area contributed by atoms with Gasteiger partial charge in [-0.1, -0.05) is 0 Å². The number of aromatic nitrogens is 3. The second kappa shape index (κ2) is 6.77. The first-order valence-corrected chi connectivity index (χ1v) is 9.03. The number of sulfonamides is 1. The molecule has 2 aromatic heterocycles. The van der Waals surface area contributed by atoms with Crippen molar-refractivity contribution in [3.05, 3.63) is 42.7 Å². The monoisotopic (exact) mass is 336 g/mol. The Hall–Kier alpha value is -1.77. The van der Waals surface area contributed by atoms with Crippen LogP contribution in [0.3, 0.4) is 0 Å². The molecule has 0 aromatic carbocycles. The maximum Gasteiger partial charge on any atom is 0.242 e. The molecule has 1 N–H and O–H groups in total. The summed E-state index contributed by atoms with van der Waals surface area (Å²) < 4.78 is 35.4. The average Bonchev–Trinajstić information content (AvgIpc) is 3.00.